The van der Waals surface area contributed by atoms with Crippen molar-refractivity contribution in [2.75, 3.05) is 7.11 Å². The van der Waals surface area contributed by atoms with Crippen LogP contribution in [0.1, 0.15) is 0 Å². The molecule has 0 aromatic carbocycles. The van der Waals surface area contributed by atoms with Crippen LogP contribution in [0.5, 0.6) is 0 Å². The van der Waals surface area contributed by atoms with Crippen molar-refractivity contribution in [1.82, 2.24) is 30.0 Å². The van der Waals surface area contributed by atoms with Crippen LogP contribution in [0.4, 0.5) is 5.69 Å². The molecular weight excluding hydrogens is 290 g/mol. The van der Waals surface area contributed by atoms with Crippen LogP contribution >= 0.6 is 11.8 Å². The Bertz CT molecular complexity index is 651. The molecular formula is C8H9N7O4S. The van der Waals surface area contributed by atoms with Gasteiger partial charge in [0.1, 0.15) is 12.7 Å². The van der Waals surface area contributed by atoms with Gasteiger partial charge in [0.15, 0.2) is 0 Å². The Balaban J connectivity index is 2.25. The molecule has 0 saturated carbocycles. The molecule has 106 valence electrons. The molecule has 0 amide bonds. The van der Waals surface area contributed by atoms with Crippen LogP contribution in [0.15, 0.2) is 16.4 Å². The fourth-order valence-corrected chi connectivity index (χ4v) is 2.15. The fraction of sp³-hybridized carbons (Fsp3) is 0.375. The Morgan fingerprint density at radius 2 is 2.35 bits per heavy atom. The number of carbonyl (C=O) groups is 1. The van der Waals surface area contributed by atoms with Crippen molar-refractivity contribution in [3.63, 3.8) is 0 Å². The van der Waals surface area contributed by atoms with Crippen LogP contribution in [0, 0.1) is 10.1 Å². The molecule has 0 bridgehead atoms. The first-order valence-electron chi connectivity index (χ1n) is 5.20. The van der Waals surface area contributed by atoms with Crippen molar-refractivity contribution in [2.24, 2.45) is 7.05 Å². The van der Waals surface area contributed by atoms with Gasteiger partial charge in [-0.1, -0.05) is 0 Å². The van der Waals surface area contributed by atoms with E-state index >= 15 is 0 Å². The molecule has 12 heteroatoms. The van der Waals surface area contributed by atoms with Crippen LogP contribution in [0.25, 0.3) is 0 Å². The van der Waals surface area contributed by atoms with Gasteiger partial charge in [0.2, 0.25) is 10.2 Å². The zero-order valence-corrected chi connectivity index (χ0v) is 11.3. The minimum atomic E-state index is -0.552. The second-order valence-corrected chi connectivity index (χ2v) is 4.50. The van der Waals surface area contributed by atoms with E-state index < -0.39 is 10.9 Å². The zero-order chi connectivity index (χ0) is 14.7. The Hall–Kier alpha value is -2.50. The third-order valence-corrected chi connectivity index (χ3v) is 3.13. The van der Waals surface area contributed by atoms with Crippen LogP contribution in [0.2, 0.25) is 0 Å². The second kappa shape index (κ2) is 5.64. The number of rotatable bonds is 5. The standard InChI is InChI=1S/C8H9N7O4S/c1-13-3-5(15(17)18)7(10-13)20-8-9-11-12-14(8)4-6(16)19-2/h3H,4H2,1-2H3. The number of hydrogen-bond acceptors (Lipinski definition) is 9. The molecule has 11 nitrogen and oxygen atoms in total. The van der Waals surface area contributed by atoms with E-state index in [1.807, 2.05) is 0 Å². The van der Waals surface area contributed by atoms with Crippen LogP contribution in [-0.2, 0) is 23.1 Å². The average Bonchev–Trinajstić information content (AvgIpc) is 2.97. The van der Waals surface area contributed by atoms with Crippen LogP contribution in [-0.4, -0.2) is 48.0 Å². The number of hydrogen-bond donors (Lipinski definition) is 0. The summed E-state index contributed by atoms with van der Waals surface area (Å²) in [5.74, 6) is -0.533. The van der Waals surface area contributed by atoms with Gasteiger partial charge in [-0.2, -0.15) is 5.10 Å². The molecule has 0 unspecified atom stereocenters. The SMILES string of the molecule is COC(=O)Cn1nnnc1Sc1nn(C)cc1[N+](=O)[O-]. The topological polar surface area (TPSA) is 131 Å². The normalized spacial score (nSPS) is 10.5. The molecule has 0 aliphatic rings. The van der Waals surface area contributed by atoms with Gasteiger partial charge in [-0.15, -0.1) is 5.10 Å². The lowest BCUT2D eigenvalue weighted by atomic mass is 10.6. The van der Waals surface area contributed by atoms with Crippen molar-refractivity contribution in [3.8, 4) is 0 Å². The van der Waals surface area contributed by atoms with Gasteiger partial charge in [-0.25, -0.2) is 4.68 Å². The summed E-state index contributed by atoms with van der Waals surface area (Å²) in [6.45, 7) is -0.188. The van der Waals surface area contributed by atoms with Crippen LogP contribution < -0.4 is 0 Å². The van der Waals surface area contributed by atoms with Crippen LogP contribution in [0.3, 0.4) is 0 Å². The first kappa shape index (κ1) is 13.9. The number of carbonyl (C=O) groups excluding carboxylic acids is 1. The lowest BCUT2D eigenvalue weighted by Crippen LogP contribution is -2.13. The molecule has 20 heavy (non-hydrogen) atoms. The number of nitro groups is 1. The molecule has 0 atom stereocenters. The van der Waals surface area contributed by atoms with E-state index in [2.05, 4.69) is 25.4 Å². The first-order chi connectivity index (χ1) is 9.51. The molecule has 0 spiro atoms. The molecule has 0 aliphatic heterocycles. The zero-order valence-electron chi connectivity index (χ0n) is 10.5. The minimum Gasteiger partial charge on any atom is -0.468 e. The predicted molar refractivity (Wildman–Crippen MR) is 63.8 cm³/mol. The van der Waals surface area contributed by atoms with Crippen molar-refractivity contribution in [3.05, 3.63) is 16.3 Å². The summed E-state index contributed by atoms with van der Waals surface area (Å²) in [7, 11) is 2.80. The maximum absolute atomic E-state index is 11.2. The smallest absolute Gasteiger partial charge is 0.327 e. The maximum atomic E-state index is 11.2. The lowest BCUT2D eigenvalue weighted by molar-refractivity contribution is -0.387. The number of nitrogens with zero attached hydrogens (tertiary/aromatic N) is 7. The molecule has 2 heterocycles. The second-order valence-electron chi connectivity index (χ2n) is 3.55. The summed E-state index contributed by atoms with van der Waals surface area (Å²) in [5, 5.41) is 25.9. The summed E-state index contributed by atoms with van der Waals surface area (Å²) < 4.78 is 6.99. The molecule has 2 aromatic heterocycles. The van der Waals surface area contributed by atoms with E-state index in [0.29, 0.717) is 0 Å². The van der Waals surface area contributed by atoms with E-state index in [-0.39, 0.29) is 22.4 Å². The molecule has 0 fully saturated rings. The highest BCUT2D eigenvalue weighted by Crippen LogP contribution is 2.31. The van der Waals surface area contributed by atoms with E-state index in [9.17, 15) is 14.9 Å². The molecule has 0 saturated heterocycles. The van der Waals surface area contributed by atoms with E-state index in [1.54, 1.807) is 7.05 Å². The average molecular weight is 299 g/mol. The molecule has 0 radical (unpaired) electrons. The number of esters is 1. The highest BCUT2D eigenvalue weighted by Gasteiger charge is 2.22. The van der Waals surface area contributed by atoms with E-state index in [4.69, 9.17) is 0 Å². The van der Waals surface area contributed by atoms with Gasteiger partial charge in [0.05, 0.1) is 12.0 Å². The number of tetrazole rings is 1. The Morgan fingerprint density at radius 1 is 1.60 bits per heavy atom. The van der Waals surface area contributed by atoms with Gasteiger partial charge in [-0.05, 0) is 22.2 Å². The monoisotopic (exact) mass is 299 g/mol. The van der Waals surface area contributed by atoms with Gasteiger partial charge in [0.25, 0.3) is 0 Å². The van der Waals surface area contributed by atoms with Crippen molar-refractivity contribution in [1.29, 1.82) is 0 Å². The molecule has 2 aromatic rings. The van der Waals surface area contributed by atoms with Crippen molar-refractivity contribution >= 4 is 23.4 Å². The van der Waals surface area contributed by atoms with Gasteiger partial charge >= 0.3 is 11.7 Å². The maximum Gasteiger partial charge on any atom is 0.327 e. The Morgan fingerprint density at radius 3 is 3.00 bits per heavy atom. The van der Waals surface area contributed by atoms with Gasteiger partial charge < -0.3 is 4.74 Å². The summed E-state index contributed by atoms with van der Waals surface area (Å²) in [5.41, 5.74) is -0.162. The predicted octanol–water partition coefficient (Wildman–Crippen LogP) is -0.361. The van der Waals surface area contributed by atoms with Crippen molar-refractivity contribution < 1.29 is 14.5 Å². The quantitative estimate of drug-likeness (QED) is 0.412. The highest BCUT2D eigenvalue weighted by atomic mass is 32.2. The summed E-state index contributed by atoms with van der Waals surface area (Å²) in [6.07, 6.45) is 1.27. The summed E-state index contributed by atoms with van der Waals surface area (Å²) in [6, 6.07) is 0. The van der Waals surface area contributed by atoms with Gasteiger partial charge in [0, 0.05) is 7.05 Å². The largest absolute Gasteiger partial charge is 0.468 e. The lowest BCUT2D eigenvalue weighted by Gasteiger charge is -2.00. The number of ether oxygens (including phenoxy) is 1. The number of methoxy groups -OCH3 is 1. The van der Waals surface area contributed by atoms with Gasteiger partial charge in [-0.3, -0.25) is 19.6 Å². The molecule has 2 rings (SSSR count). The number of aromatic nitrogens is 6. The molecule has 0 N–H and O–H groups in total. The number of aryl methyl sites for hydroxylation is 1. The third-order valence-electron chi connectivity index (χ3n) is 2.17. The summed E-state index contributed by atoms with van der Waals surface area (Å²) >= 11 is 0.895. The first-order valence-corrected chi connectivity index (χ1v) is 6.01. The third kappa shape index (κ3) is 2.90. The minimum absolute atomic E-state index is 0.137. The highest BCUT2D eigenvalue weighted by molar-refractivity contribution is 7.99. The Kier molecular flexibility index (Phi) is 3.93. The van der Waals surface area contributed by atoms with E-state index in [0.717, 1.165) is 11.8 Å². The fourth-order valence-electron chi connectivity index (χ4n) is 1.30. The van der Waals surface area contributed by atoms with E-state index in [1.165, 1.54) is 22.7 Å². The van der Waals surface area contributed by atoms with Crippen molar-refractivity contribution in [2.45, 2.75) is 16.7 Å². The summed E-state index contributed by atoms with van der Waals surface area (Å²) in [4.78, 5) is 21.5. The Labute approximate surface area is 116 Å². The molecule has 0 aliphatic carbocycles.